The van der Waals surface area contributed by atoms with E-state index in [9.17, 15) is 81.5 Å². The molecule has 1 heterocycles. The minimum atomic E-state index is -1.19. The van der Waals surface area contributed by atoms with Crippen LogP contribution >= 0.6 is 21.4 Å². The number of nitrogens with two attached hydrogens (primary N) is 2. The predicted octanol–water partition coefficient (Wildman–Crippen LogP) is 3.17. The van der Waals surface area contributed by atoms with Crippen LogP contribution in [0.5, 0.6) is 0 Å². The molecule has 0 aromatic rings. The fourth-order valence-electron chi connectivity index (χ4n) is 7.58. The first-order valence-corrected chi connectivity index (χ1v) is 38.9. The van der Waals surface area contributed by atoms with Crippen molar-refractivity contribution in [3.8, 4) is 6.07 Å². The van der Waals surface area contributed by atoms with Crippen LogP contribution in [0.15, 0.2) is 0 Å². The van der Waals surface area contributed by atoms with Gasteiger partial charge in [-0.05, 0) is 93.0 Å². The number of carbonyl (C=O) groups is 18. The monoisotopic (exact) mass is 1850 g/mol. The summed E-state index contributed by atoms with van der Waals surface area (Å²) in [6, 6.07) is 1.14. The van der Waals surface area contributed by atoms with Gasteiger partial charge in [-0.2, -0.15) is 18.1 Å². The number of aliphatic carboxylic acids is 2. The van der Waals surface area contributed by atoms with E-state index in [1.54, 1.807) is 62.3 Å². The number of carboxylic acid groups (broad SMARTS) is 2. The number of unbranched alkanes of at least 4 members (excludes halogenated alkanes) is 1. The van der Waals surface area contributed by atoms with E-state index in [-0.39, 0.29) is 191 Å². The first-order valence-electron chi connectivity index (χ1n) is 38.1. The van der Waals surface area contributed by atoms with Crippen molar-refractivity contribution in [2.24, 2.45) is 35.1 Å². The molecule has 1 aliphatic rings. The largest absolute Gasteiger partial charge is 2.00 e. The van der Waals surface area contributed by atoms with E-state index < -0.39 is 157 Å². The summed E-state index contributed by atoms with van der Waals surface area (Å²) >= 11 is 0. The first kappa shape index (κ1) is 137. The molecule has 6 atom stereocenters. The standard InChI is InChI=1S/C14H23N2O6P.C13H23NO6.C12H20O6.C11H19NO5.C7H14N2O4.C7H9NO4.C4H11NO.2C3H7.C2H4O3.ClH.Ni/c1-3-12(17)9-11(5-6-13(18)20-2)14(19)16-10-22-23-21-8-4-7-15;1-13(2,3)20-11(17)7-9(12(18)14-8-15)5-6-10(16)19-4;1-12(2,3)18-10(14)7-8(11(15)16)5-6-9(13)17-4;1-3-9(14)6-8(11(16)12-7-13)4-5-10(15)17-2;1-13-6(11)3-2-5(8)7(12)9-4-10;1-2-7(11)12-8-5(9)3-4-6(8)10;5-3-1-2-4-6;2*1-3-2;3-1-2(4)5;;/h11,23H,3-6,8-10H2,1-2H3,(H,16,19);9,15H,5-8H2,1-4H3,(H,14,18);8H,5-7H2,1-4H3,(H,15,16);8,13H,3-7H2,1-2H3,(H,12,16);5,10H,2-4,8H2,1H3,(H,9,12);2-4H2,1H3;6H,1-5H2;2*1,3H2,2H3;3H,1H2,(H,4,5);1H;/q;;;;;;;2*-1;;;+2/t11-;9-;2*8-;5-;;;;;;;/m11110......./s1. The number of esters is 7. The number of methoxy groups -OCH3 is 5. The van der Waals surface area contributed by atoms with Gasteiger partial charge in [0, 0.05) is 101 Å². The van der Waals surface area contributed by atoms with Gasteiger partial charge < -0.3 is 129 Å². The van der Waals surface area contributed by atoms with Gasteiger partial charge >= 0.3 is 76.2 Å². The number of nitrogens with zero attached hydrogens (tertiary/aromatic N) is 2. The number of hydrogen-bond donors (Lipinski definition) is 13. The summed E-state index contributed by atoms with van der Waals surface area (Å²) in [5.74, 6) is -11.8. The minimum Gasteiger partial charge on any atom is -0.481 e. The predicted molar refractivity (Wildman–Crippen MR) is 437 cm³/mol. The molecule has 0 saturated carbocycles. The first-order chi connectivity index (χ1) is 56.2. The number of ether oxygens (including phenoxy) is 7. The number of imide groups is 1. The van der Waals surface area contributed by atoms with Crippen molar-refractivity contribution >= 4 is 128 Å². The third-order valence-electron chi connectivity index (χ3n) is 13.5. The molecule has 1 rings (SSSR count). The number of halogens is 1. The second-order valence-electron chi connectivity index (χ2n) is 26.0. The van der Waals surface area contributed by atoms with Crippen LogP contribution in [0.4, 0.5) is 0 Å². The maximum Gasteiger partial charge on any atom is 2.00 e. The third kappa shape index (κ3) is 96.9. The maximum absolute atomic E-state index is 12.1. The summed E-state index contributed by atoms with van der Waals surface area (Å²) in [5, 5.41) is 75.7. The van der Waals surface area contributed by atoms with Crippen LogP contribution in [0.2, 0.25) is 0 Å². The van der Waals surface area contributed by atoms with Gasteiger partial charge in [0.15, 0.2) is 9.03 Å². The maximum atomic E-state index is 12.1. The van der Waals surface area contributed by atoms with E-state index in [2.05, 4.69) is 63.6 Å². The van der Waals surface area contributed by atoms with Crippen LogP contribution in [0.25, 0.3) is 0 Å². The zero-order valence-corrected chi connectivity index (χ0v) is 76.1. The number of Topliss-reactive ketones (excluding diaryl/α,β-unsaturated/α-hetero) is 2. The summed E-state index contributed by atoms with van der Waals surface area (Å²) in [6.45, 7) is 25.3. The molecule has 15 N–H and O–H groups in total. The van der Waals surface area contributed by atoms with E-state index in [1.807, 2.05) is 19.9 Å². The molecular weight excluding hydrogens is 1710 g/mol. The number of carboxylic acids is 2. The number of amides is 6. The van der Waals surface area contributed by atoms with Crippen LogP contribution in [0, 0.1) is 48.9 Å². The van der Waals surface area contributed by atoms with Gasteiger partial charge in [0.1, 0.15) is 56.3 Å². The number of hydrogen-bond acceptors (Lipinski definition) is 36. The summed E-state index contributed by atoms with van der Waals surface area (Å²) in [6.07, 6.45) is 6.06. The Kier molecular flexibility index (Phi) is 103. The Hall–Kier alpha value is -8.60. The molecule has 1 unspecified atom stereocenters. The molecule has 0 spiro atoms. The molecule has 1 saturated heterocycles. The number of ketones is 2. The number of aliphatic hydroxyl groups excluding tert-OH is 5. The van der Waals surface area contributed by atoms with Gasteiger partial charge in [0.25, 0.3) is 11.8 Å². The average Bonchev–Trinajstić information content (AvgIpc) is 1.73. The number of nitriles is 1. The average molecular weight is 1850 g/mol. The van der Waals surface area contributed by atoms with E-state index >= 15 is 0 Å². The van der Waals surface area contributed by atoms with Crippen molar-refractivity contribution in [3.63, 3.8) is 0 Å². The van der Waals surface area contributed by atoms with Crippen molar-refractivity contribution in [2.45, 2.75) is 248 Å². The number of nitrogens with one attached hydrogen (secondary N) is 4. The molecule has 1 fully saturated rings. The topological polar surface area (TPSA) is 668 Å². The molecule has 0 radical (unpaired) electrons. The van der Waals surface area contributed by atoms with Gasteiger partial charge in [-0.15, -0.1) is 17.5 Å². The molecule has 0 aromatic heterocycles. The Bertz CT molecular complexity index is 2940. The number of hydroxylamine groups is 2. The molecule has 0 bridgehead atoms. The Labute approximate surface area is 733 Å². The van der Waals surface area contributed by atoms with Gasteiger partial charge in [-0.1, -0.05) is 34.6 Å². The van der Waals surface area contributed by atoms with E-state index in [0.717, 1.165) is 25.7 Å². The van der Waals surface area contributed by atoms with E-state index in [4.69, 9.17) is 75.8 Å². The van der Waals surface area contributed by atoms with Crippen LogP contribution in [-0.4, -0.2) is 254 Å². The zero-order valence-electron chi connectivity index (χ0n) is 73.3. The van der Waals surface area contributed by atoms with Crippen molar-refractivity contribution in [1.82, 2.24) is 26.3 Å². The summed E-state index contributed by atoms with van der Waals surface area (Å²) in [7, 11) is 6.00. The SMILES string of the molecule is CCC(=O)C[C@@H](CCC(=O)OC)C(=O)NCO.CCC(=O)C[C@@H](CCC(=O)OC)C(=O)NCOPOCCC#N.CCC(=O)ON1C(=O)CCC1=O.COC(=O)CC[C@H](CC(=O)OC(C)(C)C)C(=O)NCO.COC(=O)CC[C@H](CC(=O)OC(C)(C)C)C(=O)O.COC(=O)CC[C@H](N)C(=O)NCO.Cl.NCCCCO.O=C(O)CO.[CH2-]CC.[CH2-]CC.[Ni+2]. The van der Waals surface area contributed by atoms with Crippen molar-refractivity contribution in [1.29, 1.82) is 5.26 Å². The number of rotatable bonds is 45. The number of carbonyl (C=O) groups excluding carboxylic acids is 16. The Morgan fingerprint density at radius 2 is 0.820 bits per heavy atom. The second-order valence-corrected chi connectivity index (χ2v) is 26.8. The summed E-state index contributed by atoms with van der Waals surface area (Å²) < 4.78 is 42.5. The Morgan fingerprint density at radius 3 is 1.10 bits per heavy atom. The smallest absolute Gasteiger partial charge is 0.481 e. The second kappa shape index (κ2) is 91.6. The molecule has 122 heavy (non-hydrogen) atoms. The zero-order chi connectivity index (χ0) is 94.8. The summed E-state index contributed by atoms with van der Waals surface area (Å²) in [5.41, 5.74) is 9.19. The van der Waals surface area contributed by atoms with E-state index in [0.29, 0.717) is 24.4 Å². The molecule has 6 amide bonds. The minimum absolute atomic E-state index is 0. The van der Waals surface area contributed by atoms with Crippen molar-refractivity contribution < 1.29 is 186 Å². The van der Waals surface area contributed by atoms with Crippen molar-refractivity contribution in [3.05, 3.63) is 13.8 Å². The quantitative estimate of drug-likeness (QED) is 0.00608. The van der Waals surface area contributed by atoms with Gasteiger partial charge in [0.05, 0.1) is 79.4 Å². The van der Waals surface area contributed by atoms with Gasteiger partial charge in [0.2, 0.25) is 23.6 Å². The normalized spacial score (nSPS) is 11.8. The molecule has 0 aliphatic carbocycles. The molecule has 0 aromatic carbocycles. The number of aliphatic hydroxyl groups is 5. The molecule has 714 valence electrons. The van der Waals surface area contributed by atoms with Gasteiger partial charge in [-0.25, -0.2) is 9.59 Å². The Balaban J connectivity index is -0.000000130. The van der Waals surface area contributed by atoms with Crippen LogP contribution in [0.3, 0.4) is 0 Å². The summed E-state index contributed by atoms with van der Waals surface area (Å²) in [4.78, 5) is 204. The molecule has 46 heteroatoms. The van der Waals surface area contributed by atoms with Crippen LogP contribution in [-0.2, 0) is 150 Å². The van der Waals surface area contributed by atoms with Crippen LogP contribution < -0.4 is 32.7 Å². The molecular formula is C76H138ClN8NiO35P. The fraction of sp³-hybridized carbons (Fsp3) is 0.724. The van der Waals surface area contributed by atoms with Gasteiger partial charge in [-0.3, -0.25) is 76.7 Å². The van der Waals surface area contributed by atoms with E-state index in [1.165, 1.54) is 35.5 Å². The van der Waals surface area contributed by atoms with Crippen LogP contribution in [0.1, 0.15) is 230 Å². The third-order valence-corrected chi connectivity index (χ3v) is 14.1. The molecule has 1 aliphatic heterocycles. The Morgan fingerprint density at radius 1 is 0.500 bits per heavy atom. The van der Waals surface area contributed by atoms with Crippen molar-refractivity contribution in [2.75, 3.05) is 88.8 Å². The molecule has 43 nitrogen and oxygen atoms in total. The fourth-order valence-corrected chi connectivity index (χ4v) is 7.98.